The molecule has 0 saturated heterocycles. The van der Waals surface area contributed by atoms with E-state index in [0.29, 0.717) is 12.5 Å². The topological polar surface area (TPSA) is 98.9 Å². The molecule has 0 aliphatic heterocycles. The maximum Gasteiger partial charge on any atom is 0.253 e. The fourth-order valence-corrected chi connectivity index (χ4v) is 3.08. The van der Waals surface area contributed by atoms with Gasteiger partial charge in [-0.15, -0.1) is 0 Å². The molecule has 25 heavy (non-hydrogen) atoms. The van der Waals surface area contributed by atoms with Gasteiger partial charge in [0.15, 0.2) is 0 Å². The zero-order valence-corrected chi connectivity index (χ0v) is 13.9. The number of carbonyl (C=O) groups is 1. The second kappa shape index (κ2) is 7.87. The molecular formula is C17H21N5O3. The highest BCUT2D eigenvalue weighted by molar-refractivity contribution is 5.75. The third-order valence-electron chi connectivity index (χ3n) is 4.46. The van der Waals surface area contributed by atoms with Crippen LogP contribution in [0.15, 0.2) is 40.6 Å². The van der Waals surface area contributed by atoms with E-state index in [1.54, 1.807) is 12.4 Å². The minimum Gasteiger partial charge on any atom is -0.353 e. The summed E-state index contributed by atoms with van der Waals surface area (Å²) >= 11 is 0. The molecule has 3 rings (SSSR count). The van der Waals surface area contributed by atoms with Crippen molar-refractivity contribution in [2.45, 2.75) is 44.7 Å². The molecule has 0 bridgehead atoms. The fourth-order valence-electron chi connectivity index (χ4n) is 3.08. The molecule has 2 heterocycles. The fraction of sp³-hybridized carbons (Fsp3) is 0.471. The van der Waals surface area contributed by atoms with E-state index in [2.05, 4.69) is 15.3 Å². The van der Waals surface area contributed by atoms with E-state index in [1.165, 1.54) is 40.6 Å². The van der Waals surface area contributed by atoms with Crippen molar-refractivity contribution in [1.29, 1.82) is 0 Å². The summed E-state index contributed by atoms with van der Waals surface area (Å²) in [5.41, 5.74) is 0.487. The van der Waals surface area contributed by atoms with Gasteiger partial charge in [0.25, 0.3) is 11.1 Å². The molecule has 1 saturated carbocycles. The largest absolute Gasteiger partial charge is 0.353 e. The smallest absolute Gasteiger partial charge is 0.253 e. The van der Waals surface area contributed by atoms with Crippen molar-refractivity contribution in [1.82, 2.24) is 24.4 Å². The number of aromatic nitrogens is 4. The minimum absolute atomic E-state index is 0.0968. The Morgan fingerprint density at radius 2 is 1.96 bits per heavy atom. The molecule has 2 aromatic rings. The summed E-state index contributed by atoms with van der Waals surface area (Å²) in [7, 11) is 0. The first-order valence-electron chi connectivity index (χ1n) is 8.47. The van der Waals surface area contributed by atoms with Gasteiger partial charge in [0, 0.05) is 37.3 Å². The highest BCUT2D eigenvalue weighted by Crippen LogP contribution is 2.32. The summed E-state index contributed by atoms with van der Waals surface area (Å²) in [5.74, 6) is 0.0959. The second-order valence-electron chi connectivity index (χ2n) is 6.22. The van der Waals surface area contributed by atoms with E-state index in [0.717, 1.165) is 18.5 Å². The first-order valence-corrected chi connectivity index (χ1v) is 8.47. The first kappa shape index (κ1) is 17.1. The van der Waals surface area contributed by atoms with Crippen molar-refractivity contribution in [3.63, 3.8) is 0 Å². The number of amides is 1. The van der Waals surface area contributed by atoms with Gasteiger partial charge in [0.1, 0.15) is 6.54 Å². The number of nitrogens with one attached hydrogen (secondary N) is 1. The van der Waals surface area contributed by atoms with Gasteiger partial charge in [-0.25, -0.2) is 9.97 Å². The molecule has 0 aromatic carbocycles. The summed E-state index contributed by atoms with van der Waals surface area (Å²) in [5, 5.41) is 2.69. The normalized spacial score (nSPS) is 14.6. The predicted octanol–water partition coefficient (Wildman–Crippen LogP) is 0.274. The van der Waals surface area contributed by atoms with Crippen LogP contribution in [-0.2, 0) is 17.9 Å². The zero-order valence-electron chi connectivity index (χ0n) is 13.9. The van der Waals surface area contributed by atoms with Crippen LogP contribution in [0.2, 0.25) is 0 Å². The lowest BCUT2D eigenvalue weighted by molar-refractivity contribution is -0.121. The quantitative estimate of drug-likeness (QED) is 0.812. The standard InChI is InChI=1S/C17H21N5O3/c23-15(10-22-11-18-6-5-16(22)24)19-7-8-21-12-20-14(9-17(21)25)13-3-1-2-4-13/h5-6,9,11-13H,1-4,7-8,10H2,(H,19,23). The molecule has 8 nitrogen and oxygen atoms in total. The summed E-state index contributed by atoms with van der Waals surface area (Å²) in [6, 6.07) is 2.90. The molecular weight excluding hydrogens is 322 g/mol. The monoisotopic (exact) mass is 343 g/mol. The summed E-state index contributed by atoms with van der Waals surface area (Å²) < 4.78 is 2.70. The van der Waals surface area contributed by atoms with Crippen LogP contribution in [0, 0.1) is 0 Å². The van der Waals surface area contributed by atoms with E-state index in [1.807, 2.05) is 0 Å². The van der Waals surface area contributed by atoms with Gasteiger partial charge in [-0.3, -0.25) is 23.5 Å². The minimum atomic E-state index is -0.307. The molecule has 1 aliphatic rings. The molecule has 2 aromatic heterocycles. The molecule has 0 radical (unpaired) electrons. The molecule has 1 fully saturated rings. The average molecular weight is 343 g/mol. The number of hydrogen-bond acceptors (Lipinski definition) is 5. The summed E-state index contributed by atoms with van der Waals surface area (Å²) in [4.78, 5) is 43.8. The van der Waals surface area contributed by atoms with Gasteiger partial charge in [0.2, 0.25) is 5.91 Å². The van der Waals surface area contributed by atoms with Gasteiger partial charge in [-0.05, 0) is 12.8 Å². The van der Waals surface area contributed by atoms with Crippen molar-refractivity contribution >= 4 is 5.91 Å². The van der Waals surface area contributed by atoms with Crippen LogP contribution in [0.4, 0.5) is 0 Å². The van der Waals surface area contributed by atoms with Crippen LogP contribution in [0.5, 0.6) is 0 Å². The highest BCUT2D eigenvalue weighted by atomic mass is 16.2. The maximum atomic E-state index is 12.2. The molecule has 1 aliphatic carbocycles. The van der Waals surface area contributed by atoms with Gasteiger partial charge in [0.05, 0.1) is 18.3 Å². The van der Waals surface area contributed by atoms with Crippen LogP contribution in [0.1, 0.15) is 37.3 Å². The SMILES string of the molecule is O=C(Cn1cnccc1=O)NCCn1cnc(C2CCCC2)cc1=O. The maximum absolute atomic E-state index is 12.2. The van der Waals surface area contributed by atoms with Crippen LogP contribution < -0.4 is 16.4 Å². The van der Waals surface area contributed by atoms with Crippen molar-refractivity contribution in [3.05, 3.63) is 57.4 Å². The Morgan fingerprint density at radius 1 is 1.16 bits per heavy atom. The van der Waals surface area contributed by atoms with Gasteiger partial charge in [-0.2, -0.15) is 0 Å². The van der Waals surface area contributed by atoms with E-state index in [4.69, 9.17) is 0 Å². The highest BCUT2D eigenvalue weighted by Gasteiger charge is 2.18. The van der Waals surface area contributed by atoms with Crippen LogP contribution in [0.25, 0.3) is 0 Å². The first-order chi connectivity index (χ1) is 12.1. The lowest BCUT2D eigenvalue weighted by atomic mass is 10.0. The van der Waals surface area contributed by atoms with E-state index in [9.17, 15) is 14.4 Å². The van der Waals surface area contributed by atoms with Crippen LogP contribution >= 0.6 is 0 Å². The average Bonchev–Trinajstić information content (AvgIpc) is 3.13. The Labute approximate surface area is 144 Å². The zero-order chi connectivity index (χ0) is 17.6. The lowest BCUT2D eigenvalue weighted by Gasteiger charge is -2.11. The molecule has 132 valence electrons. The Kier molecular flexibility index (Phi) is 5.37. The van der Waals surface area contributed by atoms with Crippen molar-refractivity contribution in [2.24, 2.45) is 0 Å². The summed E-state index contributed by atoms with van der Waals surface area (Å²) in [6.07, 6.45) is 8.83. The molecule has 0 unspecified atom stereocenters. The van der Waals surface area contributed by atoms with Gasteiger partial charge < -0.3 is 5.32 Å². The number of hydrogen-bond donors (Lipinski definition) is 1. The van der Waals surface area contributed by atoms with E-state index in [-0.39, 0.29) is 30.1 Å². The van der Waals surface area contributed by atoms with Crippen LogP contribution in [0.3, 0.4) is 0 Å². The van der Waals surface area contributed by atoms with Crippen LogP contribution in [-0.4, -0.2) is 31.6 Å². The lowest BCUT2D eigenvalue weighted by Crippen LogP contribution is -2.35. The Morgan fingerprint density at radius 3 is 2.68 bits per heavy atom. The third kappa shape index (κ3) is 4.40. The van der Waals surface area contributed by atoms with E-state index >= 15 is 0 Å². The molecule has 0 spiro atoms. The van der Waals surface area contributed by atoms with Crippen molar-refractivity contribution in [2.75, 3.05) is 6.54 Å². The number of carbonyl (C=O) groups excluding carboxylic acids is 1. The number of rotatable bonds is 6. The molecule has 8 heteroatoms. The Hall–Kier alpha value is -2.77. The predicted molar refractivity (Wildman–Crippen MR) is 91.2 cm³/mol. The molecule has 0 atom stereocenters. The van der Waals surface area contributed by atoms with Crippen molar-refractivity contribution in [3.8, 4) is 0 Å². The second-order valence-corrected chi connectivity index (χ2v) is 6.22. The summed E-state index contributed by atoms with van der Waals surface area (Å²) in [6.45, 7) is 0.531. The third-order valence-corrected chi connectivity index (χ3v) is 4.46. The van der Waals surface area contributed by atoms with Gasteiger partial charge in [-0.1, -0.05) is 12.8 Å². The van der Waals surface area contributed by atoms with Crippen molar-refractivity contribution < 1.29 is 4.79 Å². The van der Waals surface area contributed by atoms with E-state index < -0.39 is 0 Å². The molecule has 1 amide bonds. The molecule has 1 N–H and O–H groups in total. The Bertz CT molecular complexity index is 852. The number of nitrogens with zero attached hydrogens (tertiary/aromatic N) is 4. The Balaban J connectivity index is 1.51. The van der Waals surface area contributed by atoms with Gasteiger partial charge >= 0.3 is 0 Å².